The molecule has 0 saturated carbocycles. The van der Waals surface area contributed by atoms with Crippen LogP contribution in [-0.2, 0) is 0 Å². The van der Waals surface area contributed by atoms with Gasteiger partial charge in [0.25, 0.3) is 5.91 Å². The van der Waals surface area contributed by atoms with Crippen LogP contribution >= 0.6 is 11.6 Å². The molecule has 0 spiro atoms. The Morgan fingerprint density at radius 3 is 2.55 bits per heavy atom. The first-order chi connectivity index (χ1) is 14.6. The molecule has 1 aliphatic heterocycles. The Balaban J connectivity index is 1.92. The molecule has 7 nitrogen and oxygen atoms in total. The summed E-state index contributed by atoms with van der Waals surface area (Å²) < 4.78 is 40.6. The first kappa shape index (κ1) is 22.7. The number of benzene rings is 1. The van der Waals surface area contributed by atoms with E-state index < -0.39 is 6.29 Å². The third-order valence-corrected chi connectivity index (χ3v) is 5.21. The maximum Gasteiger partial charge on any atom is 0.586 e. The number of ether oxygens (including phenoxy) is 2. The van der Waals surface area contributed by atoms with Gasteiger partial charge >= 0.3 is 6.29 Å². The van der Waals surface area contributed by atoms with Crippen LogP contribution in [0.4, 0.5) is 8.78 Å². The molecule has 1 aromatic heterocycles. The Hall–Kier alpha value is -2.94. The summed E-state index contributed by atoms with van der Waals surface area (Å²) in [7, 11) is 0. The van der Waals surface area contributed by atoms with Crippen molar-refractivity contribution >= 4 is 23.2 Å². The molecule has 1 aliphatic rings. The maximum atomic E-state index is 13.4. The lowest BCUT2D eigenvalue weighted by atomic mass is 10.0. The van der Waals surface area contributed by atoms with Crippen molar-refractivity contribution in [3.8, 4) is 11.5 Å². The van der Waals surface area contributed by atoms with Gasteiger partial charge in [0, 0.05) is 29.2 Å². The van der Waals surface area contributed by atoms with E-state index in [0.717, 1.165) is 6.42 Å². The van der Waals surface area contributed by atoms with Crippen molar-refractivity contribution in [1.82, 2.24) is 10.5 Å². The van der Waals surface area contributed by atoms with E-state index in [2.05, 4.69) is 24.9 Å². The molecule has 0 bridgehead atoms. The molecule has 166 valence electrons. The smallest absolute Gasteiger partial charge is 0.395 e. The highest BCUT2D eigenvalue weighted by atomic mass is 35.5. The zero-order chi connectivity index (χ0) is 22.8. The van der Waals surface area contributed by atoms with E-state index in [9.17, 15) is 13.6 Å². The number of aromatic nitrogens is 1. The Labute approximate surface area is 183 Å². The van der Waals surface area contributed by atoms with Gasteiger partial charge in [-0.1, -0.05) is 37.5 Å². The van der Waals surface area contributed by atoms with Crippen molar-refractivity contribution in [2.75, 3.05) is 0 Å². The van der Waals surface area contributed by atoms with Crippen molar-refractivity contribution in [3.63, 3.8) is 0 Å². The first-order valence-electron chi connectivity index (χ1n) is 9.74. The summed E-state index contributed by atoms with van der Waals surface area (Å²) >= 11 is 6.28. The van der Waals surface area contributed by atoms with Gasteiger partial charge in [-0.2, -0.15) is 0 Å². The number of alkyl halides is 2. The molecule has 3 rings (SSSR count). The number of hydrogen-bond donors (Lipinski definition) is 1. The fourth-order valence-electron chi connectivity index (χ4n) is 2.91. The molecule has 0 aliphatic carbocycles. The van der Waals surface area contributed by atoms with Crippen LogP contribution in [0, 0.1) is 12.8 Å². The second kappa shape index (κ2) is 9.05. The summed E-state index contributed by atoms with van der Waals surface area (Å²) in [6, 6.07) is 2.64. The normalized spacial score (nSPS) is 16.4. The van der Waals surface area contributed by atoms with Crippen molar-refractivity contribution < 1.29 is 27.6 Å². The number of amides is 1. The lowest BCUT2D eigenvalue weighted by Crippen LogP contribution is -2.26. The molecule has 1 amide bonds. The van der Waals surface area contributed by atoms with Crippen LogP contribution in [0.5, 0.6) is 11.5 Å². The largest absolute Gasteiger partial charge is 0.586 e. The van der Waals surface area contributed by atoms with Gasteiger partial charge in [-0.05, 0) is 31.7 Å². The topological polar surface area (TPSA) is 86.0 Å². The van der Waals surface area contributed by atoms with Crippen LogP contribution in [0.2, 0.25) is 5.02 Å². The van der Waals surface area contributed by atoms with Gasteiger partial charge in [0.15, 0.2) is 11.5 Å². The van der Waals surface area contributed by atoms with E-state index in [-0.39, 0.29) is 28.3 Å². The number of aliphatic imine (C=N–C) groups is 1. The van der Waals surface area contributed by atoms with Crippen LogP contribution in [0.1, 0.15) is 55.3 Å². The number of carbonyl (C=O) groups is 1. The number of fused-ring (bicyclic) bond motifs is 1. The predicted octanol–water partition coefficient (Wildman–Crippen LogP) is 5.47. The van der Waals surface area contributed by atoms with Crippen LogP contribution in [-0.4, -0.2) is 23.1 Å². The van der Waals surface area contributed by atoms with E-state index in [1.165, 1.54) is 18.3 Å². The van der Waals surface area contributed by atoms with E-state index in [1.807, 2.05) is 20.8 Å². The lowest BCUT2D eigenvalue weighted by Gasteiger charge is -2.15. The molecule has 1 atom stereocenters. The Kier molecular flexibility index (Phi) is 6.64. The molecule has 0 saturated heterocycles. The molecule has 0 radical (unpaired) electrons. The zero-order valence-corrected chi connectivity index (χ0v) is 18.2. The van der Waals surface area contributed by atoms with Gasteiger partial charge in [0.1, 0.15) is 11.3 Å². The highest BCUT2D eigenvalue weighted by Gasteiger charge is 2.44. The molecule has 10 heteroatoms. The monoisotopic (exact) mass is 453 g/mol. The molecule has 0 fully saturated rings. The predicted molar refractivity (Wildman–Crippen MR) is 111 cm³/mol. The number of aryl methyl sites for hydroxylation is 1. The van der Waals surface area contributed by atoms with Crippen LogP contribution in [0.15, 0.2) is 39.7 Å². The van der Waals surface area contributed by atoms with E-state index in [0.29, 0.717) is 34.7 Å². The number of nitrogens with zero attached hydrogens (tertiary/aromatic N) is 2. The molecule has 2 heterocycles. The molecule has 1 aromatic carbocycles. The summed E-state index contributed by atoms with van der Waals surface area (Å²) in [5.74, 6) is -0.212. The third-order valence-electron chi connectivity index (χ3n) is 4.89. The summed E-state index contributed by atoms with van der Waals surface area (Å²) in [6.45, 7) is 7.43. The maximum absolute atomic E-state index is 13.4. The van der Waals surface area contributed by atoms with Crippen LogP contribution in [0.25, 0.3) is 0 Å². The average molecular weight is 454 g/mol. The number of allylic oxidation sites excluding steroid dienone is 1. The average Bonchev–Trinajstić information content (AvgIpc) is 3.27. The van der Waals surface area contributed by atoms with Crippen molar-refractivity contribution in [3.05, 3.63) is 52.1 Å². The van der Waals surface area contributed by atoms with Crippen LogP contribution in [0.3, 0.4) is 0 Å². The molecular weight excluding hydrogens is 432 g/mol. The summed E-state index contributed by atoms with van der Waals surface area (Å²) in [5.41, 5.74) is 1.88. The summed E-state index contributed by atoms with van der Waals surface area (Å²) in [5, 5.41) is 6.66. The van der Waals surface area contributed by atoms with Gasteiger partial charge in [-0.3, -0.25) is 9.79 Å². The second-order valence-corrected chi connectivity index (χ2v) is 7.43. The zero-order valence-electron chi connectivity index (χ0n) is 17.5. The second-order valence-electron chi connectivity index (χ2n) is 7.02. The van der Waals surface area contributed by atoms with Gasteiger partial charge in [0.2, 0.25) is 0 Å². The number of nitrogens with one attached hydrogen (secondary N) is 1. The first-order valence-corrected chi connectivity index (χ1v) is 10.1. The Morgan fingerprint density at radius 1 is 1.29 bits per heavy atom. The molecule has 31 heavy (non-hydrogen) atoms. The molecule has 2 aromatic rings. The number of rotatable bonds is 7. The third kappa shape index (κ3) is 5.04. The minimum Gasteiger partial charge on any atom is -0.395 e. The number of halogens is 3. The van der Waals surface area contributed by atoms with Crippen molar-refractivity contribution in [1.29, 1.82) is 0 Å². The van der Waals surface area contributed by atoms with Gasteiger partial charge < -0.3 is 19.3 Å². The lowest BCUT2D eigenvalue weighted by molar-refractivity contribution is -0.286. The van der Waals surface area contributed by atoms with Gasteiger partial charge in [0.05, 0.1) is 11.2 Å². The van der Waals surface area contributed by atoms with Crippen molar-refractivity contribution in [2.24, 2.45) is 10.9 Å². The van der Waals surface area contributed by atoms with E-state index >= 15 is 0 Å². The van der Waals surface area contributed by atoms with Crippen LogP contribution < -0.4 is 14.8 Å². The Morgan fingerprint density at radius 2 is 1.97 bits per heavy atom. The van der Waals surface area contributed by atoms with E-state index in [4.69, 9.17) is 16.1 Å². The van der Waals surface area contributed by atoms with E-state index in [1.54, 1.807) is 13.1 Å². The molecule has 1 N–H and O–H groups in total. The van der Waals surface area contributed by atoms with Crippen molar-refractivity contribution in [2.45, 2.75) is 46.8 Å². The quantitative estimate of drug-likeness (QED) is 0.561. The molecule has 1 unspecified atom stereocenters. The standard InChI is InChI=1S/C21H22ClF2N3O4/c1-5-11(3)17(27-20(28)14-9-26-31-12(14)4)10-25-16(6-2)13-7-18-19(8-15(13)22)30-21(23,24)29-18/h7-11H,5-6H2,1-4H3,(H,27,28)/b17-10+,25-16?. The molecular formula is C21H22ClF2N3O4. The SMILES string of the molecule is CCC(=N/C=C(/NC(=O)c1cnoc1C)C(C)CC)c1cc2c(cc1Cl)OC(F)(F)O2. The summed E-state index contributed by atoms with van der Waals surface area (Å²) in [6.07, 6.45) is 0.372. The van der Waals surface area contributed by atoms with Gasteiger partial charge in [-0.25, -0.2) is 0 Å². The minimum absolute atomic E-state index is 0.00288. The minimum atomic E-state index is -3.73. The summed E-state index contributed by atoms with van der Waals surface area (Å²) in [4.78, 5) is 17.1. The fourth-order valence-corrected chi connectivity index (χ4v) is 3.17. The van der Waals surface area contributed by atoms with Gasteiger partial charge in [-0.15, -0.1) is 8.78 Å². The highest BCUT2D eigenvalue weighted by molar-refractivity contribution is 6.34. The Bertz CT molecular complexity index is 1050. The fraction of sp³-hybridized carbons (Fsp3) is 0.381. The highest BCUT2D eigenvalue weighted by Crippen LogP contribution is 2.43. The number of carbonyl (C=O) groups excluding carboxylic acids is 1. The number of hydrogen-bond acceptors (Lipinski definition) is 6.